The molecule has 2 aromatic carbocycles. The Kier molecular flexibility index (Phi) is 6.50. The topological polar surface area (TPSA) is 110 Å². The molecule has 3 rings (SSSR count). The molecule has 7 nitrogen and oxygen atoms in total. The zero-order valence-electron chi connectivity index (χ0n) is 16.8. The summed E-state index contributed by atoms with van der Waals surface area (Å²) in [5.41, 5.74) is 6.92. The van der Waals surface area contributed by atoms with Crippen LogP contribution < -0.4 is 11.1 Å². The van der Waals surface area contributed by atoms with Crippen molar-refractivity contribution in [3.8, 4) is 0 Å². The van der Waals surface area contributed by atoms with Crippen molar-refractivity contribution in [2.45, 2.75) is 31.6 Å². The van der Waals surface area contributed by atoms with Gasteiger partial charge in [0.1, 0.15) is 4.90 Å². The van der Waals surface area contributed by atoms with Gasteiger partial charge in [-0.2, -0.15) is 4.31 Å². The van der Waals surface area contributed by atoms with Crippen LogP contribution in [0.25, 0.3) is 0 Å². The molecule has 1 fully saturated rings. The van der Waals surface area contributed by atoms with E-state index in [4.69, 9.17) is 17.3 Å². The van der Waals surface area contributed by atoms with Crippen LogP contribution in [-0.4, -0.2) is 37.6 Å². The maximum atomic E-state index is 13.1. The van der Waals surface area contributed by atoms with Crippen LogP contribution in [0.1, 0.15) is 46.0 Å². The van der Waals surface area contributed by atoms with Crippen molar-refractivity contribution in [3.63, 3.8) is 0 Å². The van der Waals surface area contributed by atoms with E-state index in [-0.39, 0.29) is 21.4 Å². The van der Waals surface area contributed by atoms with Gasteiger partial charge in [0.2, 0.25) is 15.9 Å². The second-order valence-corrected chi connectivity index (χ2v) is 9.92. The van der Waals surface area contributed by atoms with E-state index in [0.717, 1.165) is 12.8 Å². The lowest BCUT2D eigenvalue weighted by atomic mass is 10.0. The highest BCUT2D eigenvalue weighted by Crippen LogP contribution is 2.29. The Morgan fingerprint density at radius 2 is 1.93 bits per heavy atom. The number of halogens is 1. The quantitative estimate of drug-likeness (QED) is 0.728. The number of carbonyl (C=O) groups is 2. The third kappa shape index (κ3) is 4.66. The molecule has 2 amide bonds. The predicted octanol–water partition coefficient (Wildman–Crippen LogP) is 3.42. The molecule has 1 aliphatic heterocycles. The first-order chi connectivity index (χ1) is 14.1. The third-order valence-electron chi connectivity index (χ3n) is 5.18. The van der Waals surface area contributed by atoms with Crippen LogP contribution in [-0.2, 0) is 10.0 Å². The maximum Gasteiger partial charge on any atom is 0.255 e. The number of nitrogens with two attached hydrogens (primary N) is 1. The zero-order chi connectivity index (χ0) is 22.1. The lowest BCUT2D eigenvalue weighted by Gasteiger charge is -2.30. The fraction of sp³-hybridized carbons (Fsp3) is 0.333. The molecule has 1 aliphatic rings. The van der Waals surface area contributed by atoms with Crippen molar-refractivity contribution in [1.82, 2.24) is 4.31 Å². The van der Waals surface area contributed by atoms with E-state index in [0.29, 0.717) is 29.9 Å². The van der Waals surface area contributed by atoms with E-state index in [9.17, 15) is 18.0 Å². The highest BCUT2D eigenvalue weighted by atomic mass is 35.5. The number of nitrogens with one attached hydrogen (secondary N) is 1. The molecular weight excluding hydrogens is 426 g/mol. The number of piperidine rings is 1. The van der Waals surface area contributed by atoms with Crippen LogP contribution in [0.2, 0.25) is 5.02 Å². The molecule has 0 saturated carbocycles. The Morgan fingerprint density at radius 3 is 2.57 bits per heavy atom. The minimum atomic E-state index is -3.81. The van der Waals surface area contributed by atoms with E-state index < -0.39 is 21.8 Å². The van der Waals surface area contributed by atoms with Gasteiger partial charge in [0.15, 0.2) is 0 Å². The van der Waals surface area contributed by atoms with E-state index in [2.05, 4.69) is 5.32 Å². The van der Waals surface area contributed by atoms with E-state index in [1.54, 1.807) is 19.1 Å². The zero-order valence-corrected chi connectivity index (χ0v) is 18.4. The number of anilines is 1. The van der Waals surface area contributed by atoms with Crippen LogP contribution >= 0.6 is 11.6 Å². The van der Waals surface area contributed by atoms with Crippen molar-refractivity contribution in [3.05, 3.63) is 58.1 Å². The Hall–Kier alpha value is -2.42. The van der Waals surface area contributed by atoms with Gasteiger partial charge >= 0.3 is 0 Å². The normalized spacial score (nSPS) is 17.5. The molecule has 1 heterocycles. The van der Waals surface area contributed by atoms with E-state index in [1.807, 2.05) is 6.92 Å². The monoisotopic (exact) mass is 449 g/mol. The minimum Gasteiger partial charge on any atom is -0.366 e. The summed E-state index contributed by atoms with van der Waals surface area (Å²) in [6, 6.07) is 8.91. The van der Waals surface area contributed by atoms with Gasteiger partial charge in [-0.05, 0) is 67.6 Å². The Labute approximate surface area is 181 Å². The molecule has 30 heavy (non-hydrogen) atoms. The van der Waals surface area contributed by atoms with Crippen LogP contribution in [0, 0.1) is 12.8 Å². The molecule has 1 atom stereocenters. The van der Waals surface area contributed by atoms with Crippen LogP contribution in [0.3, 0.4) is 0 Å². The standard InChI is InChI=1S/C21H24ClN3O4S/c1-13-4-3-9-25(12-13)30(28,29)19-11-15(5-8-18(19)22)21(27)24-16-6-7-17(20(23)26)14(2)10-16/h5-8,10-11,13H,3-4,9,12H2,1-2H3,(H2,23,26)(H,24,27). The molecule has 2 aromatic rings. The summed E-state index contributed by atoms with van der Waals surface area (Å²) in [7, 11) is -3.81. The molecule has 9 heteroatoms. The maximum absolute atomic E-state index is 13.1. The molecule has 160 valence electrons. The summed E-state index contributed by atoms with van der Waals surface area (Å²) in [4.78, 5) is 24.0. The number of hydrogen-bond donors (Lipinski definition) is 2. The molecule has 0 spiro atoms. The number of primary amides is 1. The average Bonchev–Trinajstić information content (AvgIpc) is 2.68. The Balaban J connectivity index is 1.86. The molecule has 1 unspecified atom stereocenters. The van der Waals surface area contributed by atoms with Gasteiger partial charge in [-0.15, -0.1) is 0 Å². The first kappa shape index (κ1) is 22.3. The van der Waals surface area contributed by atoms with E-state index in [1.165, 1.54) is 28.6 Å². The largest absolute Gasteiger partial charge is 0.366 e. The number of nitrogens with zero attached hydrogens (tertiary/aromatic N) is 1. The van der Waals surface area contributed by atoms with Gasteiger partial charge < -0.3 is 11.1 Å². The number of carbonyl (C=O) groups excluding carboxylic acids is 2. The van der Waals surface area contributed by atoms with Crippen molar-refractivity contribution in [1.29, 1.82) is 0 Å². The highest BCUT2D eigenvalue weighted by Gasteiger charge is 2.31. The SMILES string of the molecule is Cc1cc(NC(=O)c2ccc(Cl)c(S(=O)(=O)N3CCCC(C)C3)c2)ccc1C(N)=O. The summed E-state index contributed by atoms with van der Waals surface area (Å²) in [6.45, 7) is 4.59. The molecule has 0 radical (unpaired) electrons. The number of hydrogen-bond acceptors (Lipinski definition) is 4. The second kappa shape index (κ2) is 8.75. The van der Waals surface area contributed by atoms with Crippen LogP contribution in [0.15, 0.2) is 41.3 Å². The smallest absolute Gasteiger partial charge is 0.255 e. The summed E-state index contributed by atoms with van der Waals surface area (Å²) >= 11 is 6.19. The molecule has 0 aliphatic carbocycles. The second-order valence-electron chi connectivity index (χ2n) is 7.60. The number of rotatable bonds is 5. The van der Waals surface area contributed by atoms with Gasteiger partial charge in [0, 0.05) is 29.9 Å². The Bertz CT molecular complexity index is 1100. The number of amides is 2. The molecular formula is C21H24ClN3O4S. The molecule has 1 saturated heterocycles. The van der Waals surface area contributed by atoms with E-state index >= 15 is 0 Å². The fourth-order valence-corrected chi connectivity index (χ4v) is 5.67. The first-order valence-corrected chi connectivity index (χ1v) is 11.4. The van der Waals surface area contributed by atoms with Crippen LogP contribution in [0.5, 0.6) is 0 Å². The van der Waals surface area contributed by atoms with Crippen molar-refractivity contribution < 1.29 is 18.0 Å². The summed E-state index contributed by atoms with van der Waals surface area (Å²) in [5, 5.41) is 2.78. The lowest BCUT2D eigenvalue weighted by Crippen LogP contribution is -2.39. The van der Waals surface area contributed by atoms with Gasteiger partial charge in [-0.3, -0.25) is 9.59 Å². The number of aryl methyl sites for hydroxylation is 1. The minimum absolute atomic E-state index is 0.0754. The highest BCUT2D eigenvalue weighted by molar-refractivity contribution is 7.89. The lowest BCUT2D eigenvalue weighted by molar-refractivity contribution is 0.0997. The van der Waals surface area contributed by atoms with Gasteiger partial charge in [-0.1, -0.05) is 18.5 Å². The first-order valence-electron chi connectivity index (χ1n) is 9.61. The summed E-state index contributed by atoms with van der Waals surface area (Å²) in [5.74, 6) is -0.767. The van der Waals surface area contributed by atoms with Crippen LogP contribution in [0.4, 0.5) is 5.69 Å². The number of benzene rings is 2. The van der Waals surface area contributed by atoms with Crippen molar-refractivity contribution >= 4 is 39.1 Å². The molecule has 0 bridgehead atoms. The van der Waals surface area contributed by atoms with Crippen molar-refractivity contribution in [2.24, 2.45) is 11.7 Å². The molecule has 0 aromatic heterocycles. The average molecular weight is 450 g/mol. The third-order valence-corrected chi connectivity index (χ3v) is 7.53. The predicted molar refractivity (Wildman–Crippen MR) is 116 cm³/mol. The van der Waals surface area contributed by atoms with Gasteiger partial charge in [-0.25, -0.2) is 8.42 Å². The summed E-state index contributed by atoms with van der Waals surface area (Å²) < 4.78 is 27.6. The Morgan fingerprint density at radius 1 is 1.20 bits per heavy atom. The summed E-state index contributed by atoms with van der Waals surface area (Å²) in [6.07, 6.45) is 1.77. The van der Waals surface area contributed by atoms with Gasteiger partial charge in [0.25, 0.3) is 5.91 Å². The van der Waals surface area contributed by atoms with Gasteiger partial charge in [0.05, 0.1) is 5.02 Å². The molecule has 3 N–H and O–H groups in total. The number of sulfonamides is 1. The fourth-order valence-electron chi connectivity index (χ4n) is 3.57. The van der Waals surface area contributed by atoms with Crippen molar-refractivity contribution in [2.75, 3.05) is 18.4 Å².